The molecule has 0 spiro atoms. The summed E-state index contributed by atoms with van der Waals surface area (Å²) in [6.45, 7) is 2.83. The fourth-order valence-electron chi connectivity index (χ4n) is 3.11. The minimum absolute atomic E-state index is 0.133. The predicted octanol–water partition coefficient (Wildman–Crippen LogP) is 6.14. The van der Waals surface area contributed by atoms with Crippen LogP contribution in [0.15, 0.2) is 65.6 Å². The first-order valence-corrected chi connectivity index (χ1v) is 11.8. The molecule has 2 N–H and O–H groups in total. The zero-order chi connectivity index (χ0) is 23.4. The third kappa shape index (κ3) is 5.93. The zero-order valence-electron chi connectivity index (χ0n) is 17.6. The maximum atomic E-state index is 12.6. The van der Waals surface area contributed by atoms with Crippen molar-refractivity contribution in [3.05, 3.63) is 76.3 Å². The number of carbonyl (C=O) groups excluding carboxylic acids is 2. The summed E-state index contributed by atoms with van der Waals surface area (Å²) in [5.41, 5.74) is 1.60. The first kappa shape index (κ1) is 23.3. The summed E-state index contributed by atoms with van der Waals surface area (Å²) in [4.78, 5) is 26.0. The monoisotopic (exact) mass is 502 g/mol. The van der Waals surface area contributed by atoms with Gasteiger partial charge in [-0.2, -0.15) is 0 Å². The largest absolute Gasteiger partial charge is 0.486 e. The second-order valence-corrected chi connectivity index (χ2v) is 9.47. The molecule has 0 saturated carbocycles. The van der Waals surface area contributed by atoms with Gasteiger partial charge in [0.05, 0.1) is 15.8 Å². The highest BCUT2D eigenvalue weighted by molar-refractivity contribution is 8.00. The Labute approximate surface area is 205 Å². The molecule has 0 aromatic heterocycles. The van der Waals surface area contributed by atoms with Crippen molar-refractivity contribution < 1.29 is 19.1 Å². The molecular formula is C24H20Cl2N2O4S. The van der Waals surface area contributed by atoms with E-state index in [1.54, 1.807) is 42.5 Å². The molecule has 3 aromatic carbocycles. The molecule has 1 aliphatic heterocycles. The number of hydrogen-bond acceptors (Lipinski definition) is 5. The fraction of sp³-hybridized carbons (Fsp3) is 0.167. The molecule has 1 aliphatic rings. The number of halogens is 2. The summed E-state index contributed by atoms with van der Waals surface area (Å²) in [5.74, 6) is 0.833. The van der Waals surface area contributed by atoms with E-state index in [4.69, 9.17) is 32.7 Å². The van der Waals surface area contributed by atoms with Crippen molar-refractivity contribution in [1.29, 1.82) is 0 Å². The van der Waals surface area contributed by atoms with E-state index in [9.17, 15) is 9.59 Å². The molecule has 2 amide bonds. The van der Waals surface area contributed by atoms with Crippen molar-refractivity contribution in [3.63, 3.8) is 0 Å². The molecule has 0 fully saturated rings. The lowest BCUT2D eigenvalue weighted by molar-refractivity contribution is -0.115. The summed E-state index contributed by atoms with van der Waals surface area (Å²) in [5, 5.41) is 6.11. The molecule has 4 rings (SSSR count). The van der Waals surface area contributed by atoms with Crippen LogP contribution in [-0.4, -0.2) is 30.3 Å². The Morgan fingerprint density at radius 1 is 0.879 bits per heavy atom. The van der Waals surface area contributed by atoms with Gasteiger partial charge in [0.1, 0.15) is 13.2 Å². The highest BCUT2D eigenvalue weighted by Crippen LogP contribution is 2.33. The number of rotatable bonds is 6. The predicted molar refractivity (Wildman–Crippen MR) is 132 cm³/mol. The lowest BCUT2D eigenvalue weighted by atomic mass is 10.2. The molecule has 0 aliphatic carbocycles. The smallest absolute Gasteiger partial charge is 0.257 e. The van der Waals surface area contributed by atoms with Crippen molar-refractivity contribution in [2.75, 3.05) is 23.8 Å². The van der Waals surface area contributed by atoms with Gasteiger partial charge in [-0.3, -0.25) is 9.59 Å². The lowest BCUT2D eigenvalue weighted by Crippen LogP contribution is -2.22. The average molecular weight is 503 g/mol. The van der Waals surface area contributed by atoms with Crippen molar-refractivity contribution in [1.82, 2.24) is 0 Å². The van der Waals surface area contributed by atoms with Crippen LogP contribution >= 0.6 is 35.0 Å². The zero-order valence-corrected chi connectivity index (χ0v) is 19.9. The molecule has 1 unspecified atom stereocenters. The Bertz CT molecular complexity index is 1190. The molecule has 1 atom stereocenters. The van der Waals surface area contributed by atoms with E-state index in [0.717, 1.165) is 4.90 Å². The van der Waals surface area contributed by atoms with Gasteiger partial charge in [0.25, 0.3) is 5.91 Å². The summed E-state index contributed by atoms with van der Waals surface area (Å²) >= 11 is 13.4. The summed E-state index contributed by atoms with van der Waals surface area (Å²) < 4.78 is 11.1. The number of ether oxygens (including phenoxy) is 2. The number of benzene rings is 3. The van der Waals surface area contributed by atoms with Crippen LogP contribution in [0.5, 0.6) is 11.5 Å². The van der Waals surface area contributed by atoms with Crippen LogP contribution in [0, 0.1) is 0 Å². The molecule has 9 heteroatoms. The summed E-state index contributed by atoms with van der Waals surface area (Å²) in [6.07, 6.45) is 0. The number of hydrogen-bond donors (Lipinski definition) is 2. The van der Waals surface area contributed by atoms with Crippen molar-refractivity contribution in [2.45, 2.75) is 17.1 Å². The van der Waals surface area contributed by atoms with Crippen LogP contribution in [0.1, 0.15) is 17.3 Å². The van der Waals surface area contributed by atoms with Gasteiger partial charge in [0.15, 0.2) is 11.5 Å². The quantitative estimate of drug-likeness (QED) is 0.396. The summed E-state index contributed by atoms with van der Waals surface area (Å²) in [6, 6.07) is 17.3. The number of nitrogens with one attached hydrogen (secondary N) is 2. The third-order valence-electron chi connectivity index (χ3n) is 4.78. The number of thioether (sulfide) groups is 1. The van der Waals surface area contributed by atoms with Gasteiger partial charge in [0, 0.05) is 27.4 Å². The molecule has 0 radical (unpaired) electrons. The molecule has 33 heavy (non-hydrogen) atoms. The van der Waals surface area contributed by atoms with E-state index < -0.39 is 0 Å². The highest BCUT2D eigenvalue weighted by atomic mass is 35.5. The molecule has 0 bridgehead atoms. The normalized spacial score (nSPS) is 13.2. The molecule has 0 saturated heterocycles. The number of fused-ring (bicyclic) bond motifs is 1. The maximum absolute atomic E-state index is 12.6. The van der Waals surface area contributed by atoms with Gasteiger partial charge in [-0.25, -0.2) is 0 Å². The van der Waals surface area contributed by atoms with Gasteiger partial charge in [-0.15, -0.1) is 11.8 Å². The van der Waals surface area contributed by atoms with Crippen LogP contribution in [0.2, 0.25) is 10.0 Å². The van der Waals surface area contributed by atoms with Gasteiger partial charge in [0.2, 0.25) is 5.91 Å². The second kappa shape index (κ2) is 10.4. The topological polar surface area (TPSA) is 76.7 Å². The number of carbonyl (C=O) groups is 2. The molecular weight excluding hydrogens is 483 g/mol. The van der Waals surface area contributed by atoms with Crippen LogP contribution in [0.3, 0.4) is 0 Å². The standard InChI is InChI=1S/C24H20Cl2N2O4S/c1-14(23(29)28-17-5-9-21-22(13-17)32-11-10-31-21)33-18-6-3-16(4-7-18)27-24(30)19-8-2-15(25)12-20(19)26/h2-9,12-14H,10-11H2,1H3,(H,27,30)(H,28,29). The average Bonchev–Trinajstić information content (AvgIpc) is 2.80. The van der Waals surface area contributed by atoms with Crippen LogP contribution in [0.4, 0.5) is 11.4 Å². The molecule has 3 aromatic rings. The first-order chi connectivity index (χ1) is 15.9. The van der Waals surface area contributed by atoms with Crippen LogP contribution < -0.4 is 20.1 Å². The van der Waals surface area contributed by atoms with Crippen molar-refractivity contribution in [2.24, 2.45) is 0 Å². The van der Waals surface area contributed by atoms with Gasteiger partial charge < -0.3 is 20.1 Å². The second-order valence-electron chi connectivity index (χ2n) is 7.21. The maximum Gasteiger partial charge on any atom is 0.257 e. The van der Waals surface area contributed by atoms with Gasteiger partial charge >= 0.3 is 0 Å². The number of anilines is 2. The van der Waals surface area contributed by atoms with Gasteiger partial charge in [-0.05, 0) is 61.5 Å². The van der Waals surface area contributed by atoms with Crippen molar-refractivity contribution >= 4 is 58.2 Å². The van der Waals surface area contributed by atoms with Crippen LogP contribution in [0.25, 0.3) is 0 Å². The Morgan fingerprint density at radius 3 is 2.30 bits per heavy atom. The van der Waals surface area contributed by atoms with E-state index in [0.29, 0.717) is 46.7 Å². The molecule has 170 valence electrons. The van der Waals surface area contributed by atoms with Crippen molar-refractivity contribution in [3.8, 4) is 11.5 Å². The number of amides is 2. The van der Waals surface area contributed by atoms with E-state index >= 15 is 0 Å². The molecule has 1 heterocycles. The Hall–Kier alpha value is -2.87. The minimum atomic E-state index is -0.341. The highest BCUT2D eigenvalue weighted by Gasteiger charge is 2.17. The Balaban J connectivity index is 1.33. The first-order valence-electron chi connectivity index (χ1n) is 10.1. The SMILES string of the molecule is CC(Sc1ccc(NC(=O)c2ccc(Cl)cc2Cl)cc1)C(=O)Nc1ccc2c(c1)OCCO2. The van der Waals surface area contributed by atoms with E-state index in [-0.39, 0.29) is 22.1 Å². The van der Waals surface area contributed by atoms with E-state index in [1.807, 2.05) is 19.1 Å². The van der Waals surface area contributed by atoms with Crippen LogP contribution in [-0.2, 0) is 4.79 Å². The Morgan fingerprint density at radius 2 is 1.58 bits per heavy atom. The van der Waals surface area contributed by atoms with E-state index in [1.165, 1.54) is 17.8 Å². The molecule has 6 nitrogen and oxygen atoms in total. The van der Waals surface area contributed by atoms with E-state index in [2.05, 4.69) is 10.6 Å². The lowest BCUT2D eigenvalue weighted by Gasteiger charge is -2.19. The third-order valence-corrected chi connectivity index (χ3v) is 6.44. The fourth-order valence-corrected chi connectivity index (χ4v) is 4.47. The Kier molecular flexibility index (Phi) is 7.33. The van der Waals surface area contributed by atoms with Gasteiger partial charge in [-0.1, -0.05) is 23.2 Å². The summed E-state index contributed by atoms with van der Waals surface area (Å²) in [7, 11) is 0. The minimum Gasteiger partial charge on any atom is -0.486 e.